The number of hydrogen-bond acceptors (Lipinski definition) is 5. The average molecular weight is 279 g/mol. The second-order valence-corrected chi connectivity index (χ2v) is 6.35. The molecule has 0 saturated carbocycles. The standard InChI is InChI=1S/C10H21N3O4S/c1-4-8(11)6-18(16,17)7(3)9(14)13-10(15)12-5-2/h7-8H,4-6,11H2,1-3H3,(H2,12,13,14,15). The van der Waals surface area contributed by atoms with Crippen LogP contribution in [0.1, 0.15) is 27.2 Å². The number of hydrogen-bond donors (Lipinski definition) is 3. The summed E-state index contributed by atoms with van der Waals surface area (Å²) >= 11 is 0. The van der Waals surface area contributed by atoms with E-state index in [4.69, 9.17) is 5.73 Å². The fraction of sp³-hybridized carbons (Fsp3) is 0.800. The number of nitrogens with two attached hydrogens (primary N) is 1. The summed E-state index contributed by atoms with van der Waals surface area (Å²) in [5.41, 5.74) is 5.56. The molecule has 0 aromatic carbocycles. The van der Waals surface area contributed by atoms with E-state index in [1.807, 2.05) is 5.32 Å². The van der Waals surface area contributed by atoms with Gasteiger partial charge in [0.05, 0.1) is 5.75 Å². The summed E-state index contributed by atoms with van der Waals surface area (Å²) in [5, 5.41) is 3.02. The van der Waals surface area contributed by atoms with Crippen LogP contribution in [0.2, 0.25) is 0 Å². The van der Waals surface area contributed by atoms with Crippen molar-refractivity contribution in [2.24, 2.45) is 5.73 Å². The molecule has 18 heavy (non-hydrogen) atoms. The number of amides is 3. The first-order valence-electron chi connectivity index (χ1n) is 5.80. The molecule has 0 aliphatic heterocycles. The number of sulfone groups is 1. The van der Waals surface area contributed by atoms with Gasteiger partial charge >= 0.3 is 6.03 Å². The lowest BCUT2D eigenvalue weighted by molar-refractivity contribution is -0.119. The van der Waals surface area contributed by atoms with Crippen molar-refractivity contribution in [1.29, 1.82) is 0 Å². The molecule has 0 fully saturated rings. The van der Waals surface area contributed by atoms with Gasteiger partial charge in [-0.2, -0.15) is 0 Å². The predicted molar refractivity (Wildman–Crippen MR) is 68.7 cm³/mol. The molecule has 7 nitrogen and oxygen atoms in total. The highest BCUT2D eigenvalue weighted by molar-refractivity contribution is 7.92. The zero-order valence-corrected chi connectivity index (χ0v) is 11.7. The van der Waals surface area contributed by atoms with Crippen molar-refractivity contribution in [2.75, 3.05) is 12.3 Å². The van der Waals surface area contributed by atoms with E-state index < -0.39 is 33.1 Å². The Kier molecular flexibility index (Phi) is 6.85. The molecule has 0 aromatic rings. The van der Waals surface area contributed by atoms with Crippen LogP contribution in [0.5, 0.6) is 0 Å². The Morgan fingerprint density at radius 3 is 2.28 bits per heavy atom. The molecule has 0 aliphatic carbocycles. The van der Waals surface area contributed by atoms with Gasteiger partial charge in [-0.15, -0.1) is 0 Å². The highest BCUT2D eigenvalue weighted by Gasteiger charge is 2.30. The summed E-state index contributed by atoms with van der Waals surface area (Å²) in [6.07, 6.45) is 0.504. The number of carbonyl (C=O) groups is 2. The molecular weight excluding hydrogens is 258 g/mol. The average Bonchev–Trinajstić information content (AvgIpc) is 2.27. The first kappa shape index (κ1) is 16.9. The van der Waals surface area contributed by atoms with E-state index in [0.717, 1.165) is 0 Å². The SMILES string of the molecule is CCNC(=O)NC(=O)C(C)S(=O)(=O)CC(N)CC. The predicted octanol–water partition coefficient (Wildman–Crippen LogP) is -0.627. The minimum absolute atomic E-state index is 0.270. The Bertz CT molecular complexity index is 394. The lowest BCUT2D eigenvalue weighted by Crippen LogP contribution is -2.47. The van der Waals surface area contributed by atoms with Crippen LogP contribution in [-0.4, -0.2) is 43.9 Å². The van der Waals surface area contributed by atoms with E-state index in [2.05, 4.69) is 5.32 Å². The Hall–Kier alpha value is -1.15. The van der Waals surface area contributed by atoms with Crippen molar-refractivity contribution in [1.82, 2.24) is 10.6 Å². The third kappa shape index (κ3) is 5.46. The Morgan fingerprint density at radius 1 is 1.28 bits per heavy atom. The maximum Gasteiger partial charge on any atom is 0.321 e. The zero-order chi connectivity index (χ0) is 14.3. The molecule has 106 valence electrons. The third-order valence-electron chi connectivity index (χ3n) is 2.45. The molecule has 2 atom stereocenters. The van der Waals surface area contributed by atoms with Gasteiger partial charge in [0.1, 0.15) is 5.25 Å². The van der Waals surface area contributed by atoms with E-state index in [1.54, 1.807) is 13.8 Å². The van der Waals surface area contributed by atoms with Crippen LogP contribution < -0.4 is 16.4 Å². The second-order valence-electron chi connectivity index (χ2n) is 3.99. The molecular formula is C10H21N3O4S. The fourth-order valence-corrected chi connectivity index (χ4v) is 2.65. The number of rotatable bonds is 6. The van der Waals surface area contributed by atoms with E-state index in [-0.39, 0.29) is 5.75 Å². The topological polar surface area (TPSA) is 118 Å². The number of carbonyl (C=O) groups excluding carboxylic acids is 2. The Balaban J connectivity index is 4.58. The van der Waals surface area contributed by atoms with Gasteiger partial charge in [0.15, 0.2) is 9.84 Å². The van der Waals surface area contributed by atoms with Gasteiger partial charge in [-0.3, -0.25) is 10.1 Å². The molecule has 0 saturated heterocycles. The Morgan fingerprint density at radius 2 is 1.83 bits per heavy atom. The van der Waals surface area contributed by atoms with Crippen molar-refractivity contribution in [3.8, 4) is 0 Å². The van der Waals surface area contributed by atoms with Crippen molar-refractivity contribution in [3.63, 3.8) is 0 Å². The van der Waals surface area contributed by atoms with Crippen LogP contribution in [-0.2, 0) is 14.6 Å². The minimum Gasteiger partial charge on any atom is -0.338 e. The summed E-state index contributed by atoms with van der Waals surface area (Å²) < 4.78 is 23.6. The second kappa shape index (κ2) is 7.32. The summed E-state index contributed by atoms with van der Waals surface area (Å²) in [6, 6.07) is -1.21. The van der Waals surface area contributed by atoms with E-state index in [9.17, 15) is 18.0 Å². The van der Waals surface area contributed by atoms with E-state index >= 15 is 0 Å². The summed E-state index contributed by atoms with van der Waals surface area (Å²) in [5.74, 6) is -1.11. The molecule has 4 N–H and O–H groups in total. The summed E-state index contributed by atoms with van der Waals surface area (Å²) in [4.78, 5) is 22.7. The minimum atomic E-state index is -3.65. The van der Waals surface area contributed by atoms with Gasteiger partial charge in [0.25, 0.3) is 0 Å². The largest absolute Gasteiger partial charge is 0.338 e. The first-order chi connectivity index (χ1) is 8.24. The lowest BCUT2D eigenvalue weighted by Gasteiger charge is -2.15. The van der Waals surface area contributed by atoms with Crippen LogP contribution in [0.15, 0.2) is 0 Å². The van der Waals surface area contributed by atoms with Gasteiger partial charge in [-0.05, 0) is 20.3 Å². The van der Waals surface area contributed by atoms with Gasteiger partial charge in [0.2, 0.25) is 5.91 Å². The van der Waals surface area contributed by atoms with Crippen molar-refractivity contribution < 1.29 is 18.0 Å². The number of imide groups is 1. The molecule has 0 rings (SSSR count). The third-order valence-corrected chi connectivity index (χ3v) is 4.64. The van der Waals surface area contributed by atoms with Gasteiger partial charge in [-0.1, -0.05) is 6.92 Å². The normalized spacial score (nSPS) is 14.7. The highest BCUT2D eigenvalue weighted by Crippen LogP contribution is 2.05. The van der Waals surface area contributed by atoms with Crippen molar-refractivity contribution in [3.05, 3.63) is 0 Å². The summed E-state index contributed by atoms with van der Waals surface area (Å²) in [6.45, 7) is 5.04. The zero-order valence-electron chi connectivity index (χ0n) is 10.9. The van der Waals surface area contributed by atoms with Crippen molar-refractivity contribution >= 4 is 21.8 Å². The lowest BCUT2D eigenvalue weighted by atomic mass is 10.3. The van der Waals surface area contributed by atoms with E-state index in [0.29, 0.717) is 13.0 Å². The maximum absolute atomic E-state index is 11.8. The Labute approximate surface area is 107 Å². The van der Waals surface area contributed by atoms with Gasteiger partial charge in [-0.25, -0.2) is 13.2 Å². The maximum atomic E-state index is 11.8. The van der Waals surface area contributed by atoms with Crippen LogP contribution in [0.4, 0.5) is 4.79 Å². The highest BCUT2D eigenvalue weighted by atomic mass is 32.2. The van der Waals surface area contributed by atoms with Crippen LogP contribution in [0, 0.1) is 0 Å². The molecule has 0 heterocycles. The quantitative estimate of drug-likeness (QED) is 0.598. The molecule has 0 aromatic heterocycles. The first-order valence-corrected chi connectivity index (χ1v) is 7.52. The fourth-order valence-electron chi connectivity index (χ4n) is 1.14. The number of nitrogens with one attached hydrogen (secondary N) is 2. The summed E-state index contributed by atoms with van der Waals surface area (Å²) in [7, 11) is -3.65. The molecule has 8 heteroatoms. The molecule has 0 bridgehead atoms. The van der Waals surface area contributed by atoms with Crippen LogP contribution in [0.25, 0.3) is 0 Å². The van der Waals surface area contributed by atoms with Gasteiger partial charge < -0.3 is 11.1 Å². The molecule has 0 spiro atoms. The van der Waals surface area contributed by atoms with Crippen LogP contribution in [0.3, 0.4) is 0 Å². The van der Waals surface area contributed by atoms with E-state index in [1.165, 1.54) is 6.92 Å². The monoisotopic (exact) mass is 279 g/mol. The van der Waals surface area contributed by atoms with Crippen molar-refractivity contribution in [2.45, 2.75) is 38.5 Å². The van der Waals surface area contributed by atoms with Crippen LogP contribution >= 0.6 is 0 Å². The molecule has 3 amide bonds. The smallest absolute Gasteiger partial charge is 0.321 e. The van der Waals surface area contributed by atoms with Gasteiger partial charge in [0, 0.05) is 12.6 Å². The molecule has 2 unspecified atom stereocenters. The molecule has 0 radical (unpaired) electrons. The number of urea groups is 1. The molecule has 0 aliphatic rings.